The fourth-order valence-corrected chi connectivity index (χ4v) is 3.39. The topological polar surface area (TPSA) is 41.6 Å². The van der Waals surface area contributed by atoms with Gasteiger partial charge < -0.3 is 15.0 Å². The van der Waals surface area contributed by atoms with Gasteiger partial charge in [-0.15, -0.1) is 0 Å². The molecule has 0 amide bonds. The van der Waals surface area contributed by atoms with E-state index in [1.807, 2.05) is 12.1 Å². The van der Waals surface area contributed by atoms with Crippen LogP contribution < -0.4 is 5.32 Å². The molecule has 1 N–H and O–H groups in total. The highest BCUT2D eigenvalue weighted by Gasteiger charge is 2.26. The molecule has 1 fully saturated rings. The molecular weight excluding hydrogens is 296 g/mol. The highest BCUT2D eigenvalue weighted by atomic mass is 32.1. The zero-order chi connectivity index (χ0) is 16.1. The summed E-state index contributed by atoms with van der Waals surface area (Å²) in [5, 5.41) is 4.03. The fraction of sp³-hybridized carbons (Fsp3) is 0.529. The lowest BCUT2D eigenvalue weighted by Crippen LogP contribution is -2.49. The van der Waals surface area contributed by atoms with Crippen LogP contribution in [0.25, 0.3) is 0 Å². The molecule has 4 nitrogen and oxygen atoms in total. The van der Waals surface area contributed by atoms with Gasteiger partial charge in [0.1, 0.15) is 0 Å². The number of ether oxygens (including phenoxy) is 1. The molecule has 1 aromatic carbocycles. The largest absolute Gasteiger partial charge is 0.462 e. The molecule has 120 valence electrons. The highest BCUT2D eigenvalue weighted by Crippen LogP contribution is 2.23. The molecule has 22 heavy (non-hydrogen) atoms. The number of benzene rings is 1. The number of thiocarbonyl (C=S) groups is 1. The number of nitrogens with zero attached hydrogens (tertiary/aromatic N) is 1. The van der Waals surface area contributed by atoms with Crippen LogP contribution in [-0.4, -0.2) is 34.7 Å². The van der Waals surface area contributed by atoms with Gasteiger partial charge in [-0.2, -0.15) is 0 Å². The molecule has 0 aromatic heterocycles. The number of anilines is 1. The van der Waals surface area contributed by atoms with E-state index in [1.54, 1.807) is 19.1 Å². The molecule has 2 atom stereocenters. The van der Waals surface area contributed by atoms with E-state index in [-0.39, 0.29) is 5.97 Å². The van der Waals surface area contributed by atoms with Crippen molar-refractivity contribution < 1.29 is 9.53 Å². The lowest BCUT2D eigenvalue weighted by molar-refractivity contribution is 0.0526. The molecule has 1 heterocycles. The first kappa shape index (κ1) is 16.7. The number of piperidine rings is 1. The van der Waals surface area contributed by atoms with Gasteiger partial charge in [0.25, 0.3) is 0 Å². The SMILES string of the molecule is CCOC(=O)c1ccc(NC(=S)N2C(C)CCCC2C)cc1. The third-order valence-electron chi connectivity index (χ3n) is 4.08. The van der Waals surface area contributed by atoms with Crippen LogP contribution >= 0.6 is 12.2 Å². The number of carbonyl (C=O) groups excluding carboxylic acids is 1. The Labute approximate surface area is 137 Å². The first-order valence-corrected chi connectivity index (χ1v) is 8.30. The monoisotopic (exact) mass is 320 g/mol. The van der Waals surface area contributed by atoms with Gasteiger partial charge in [0.05, 0.1) is 12.2 Å². The second-order valence-corrected chi connectivity index (χ2v) is 6.15. The van der Waals surface area contributed by atoms with Crippen molar-refractivity contribution in [2.24, 2.45) is 0 Å². The molecule has 1 saturated heterocycles. The molecule has 1 aliphatic rings. The Morgan fingerprint density at radius 1 is 1.27 bits per heavy atom. The molecule has 0 radical (unpaired) electrons. The van der Waals surface area contributed by atoms with Crippen molar-refractivity contribution in [3.63, 3.8) is 0 Å². The molecule has 2 unspecified atom stereocenters. The molecule has 5 heteroatoms. The average molecular weight is 320 g/mol. The van der Waals surface area contributed by atoms with Gasteiger partial charge in [0.2, 0.25) is 0 Å². The second kappa shape index (κ2) is 7.58. The van der Waals surface area contributed by atoms with Crippen molar-refractivity contribution >= 4 is 29.0 Å². The maximum atomic E-state index is 11.6. The minimum atomic E-state index is -0.296. The van der Waals surface area contributed by atoms with Crippen LogP contribution in [0.15, 0.2) is 24.3 Å². The zero-order valence-electron chi connectivity index (χ0n) is 13.5. The van der Waals surface area contributed by atoms with Gasteiger partial charge >= 0.3 is 5.97 Å². The molecule has 0 aliphatic carbocycles. The quantitative estimate of drug-likeness (QED) is 0.677. The van der Waals surface area contributed by atoms with Gasteiger partial charge in [0.15, 0.2) is 5.11 Å². The summed E-state index contributed by atoms with van der Waals surface area (Å²) in [6.07, 6.45) is 3.61. The van der Waals surface area contributed by atoms with Crippen LogP contribution in [0, 0.1) is 0 Å². The van der Waals surface area contributed by atoms with Crippen LogP contribution in [0.4, 0.5) is 5.69 Å². The van der Waals surface area contributed by atoms with Crippen LogP contribution in [0.3, 0.4) is 0 Å². The number of rotatable bonds is 3. The van der Waals surface area contributed by atoms with Gasteiger partial charge in [0, 0.05) is 17.8 Å². The Morgan fingerprint density at radius 3 is 2.41 bits per heavy atom. The van der Waals surface area contributed by atoms with E-state index in [2.05, 4.69) is 24.1 Å². The van der Waals surface area contributed by atoms with Gasteiger partial charge in [-0.3, -0.25) is 0 Å². The van der Waals surface area contributed by atoms with Crippen molar-refractivity contribution in [3.8, 4) is 0 Å². The smallest absolute Gasteiger partial charge is 0.338 e. The summed E-state index contributed by atoms with van der Waals surface area (Å²) >= 11 is 5.56. The standard InChI is InChI=1S/C17H24N2O2S/c1-4-21-16(20)14-8-10-15(11-9-14)18-17(22)19-12(2)6-5-7-13(19)3/h8-13H,4-7H2,1-3H3,(H,18,22). The summed E-state index contributed by atoms with van der Waals surface area (Å²) < 4.78 is 4.98. The van der Waals surface area contributed by atoms with Crippen molar-refractivity contribution in [2.45, 2.75) is 52.1 Å². The van der Waals surface area contributed by atoms with Crippen molar-refractivity contribution in [3.05, 3.63) is 29.8 Å². The number of hydrogen-bond donors (Lipinski definition) is 1. The zero-order valence-corrected chi connectivity index (χ0v) is 14.3. The predicted octanol–water partition coefficient (Wildman–Crippen LogP) is 3.82. The molecule has 0 spiro atoms. The highest BCUT2D eigenvalue weighted by molar-refractivity contribution is 7.80. The minimum absolute atomic E-state index is 0.296. The summed E-state index contributed by atoms with van der Waals surface area (Å²) in [7, 11) is 0. The average Bonchev–Trinajstić information content (AvgIpc) is 2.48. The van der Waals surface area contributed by atoms with Gasteiger partial charge in [-0.25, -0.2) is 4.79 Å². The maximum Gasteiger partial charge on any atom is 0.338 e. The lowest BCUT2D eigenvalue weighted by atomic mass is 9.98. The normalized spacial score (nSPS) is 21.3. The summed E-state index contributed by atoms with van der Waals surface area (Å²) in [6, 6.07) is 8.15. The van der Waals surface area contributed by atoms with Crippen LogP contribution in [0.5, 0.6) is 0 Å². The van der Waals surface area contributed by atoms with Crippen molar-refractivity contribution in [1.82, 2.24) is 4.90 Å². The van der Waals surface area contributed by atoms with E-state index in [4.69, 9.17) is 17.0 Å². The summed E-state index contributed by atoms with van der Waals surface area (Å²) in [5.74, 6) is -0.296. The third kappa shape index (κ3) is 3.97. The number of nitrogens with one attached hydrogen (secondary N) is 1. The van der Waals surface area contributed by atoms with Crippen LogP contribution in [-0.2, 0) is 4.74 Å². The van der Waals surface area contributed by atoms with E-state index in [0.717, 1.165) is 10.8 Å². The summed E-state index contributed by atoms with van der Waals surface area (Å²) in [6.45, 7) is 6.61. The predicted molar refractivity (Wildman–Crippen MR) is 93.2 cm³/mol. The van der Waals surface area contributed by atoms with Crippen LogP contribution in [0.1, 0.15) is 50.4 Å². The second-order valence-electron chi connectivity index (χ2n) is 5.76. The van der Waals surface area contributed by atoms with E-state index in [0.29, 0.717) is 24.3 Å². The number of likely N-dealkylation sites (tertiary alicyclic amines) is 1. The van der Waals surface area contributed by atoms with E-state index < -0.39 is 0 Å². The maximum absolute atomic E-state index is 11.6. The Morgan fingerprint density at radius 2 is 1.86 bits per heavy atom. The summed E-state index contributed by atoms with van der Waals surface area (Å²) in [4.78, 5) is 13.9. The van der Waals surface area contributed by atoms with Crippen molar-refractivity contribution in [2.75, 3.05) is 11.9 Å². The first-order chi connectivity index (χ1) is 10.5. The fourth-order valence-electron chi connectivity index (χ4n) is 2.91. The van der Waals surface area contributed by atoms with E-state index in [1.165, 1.54) is 19.3 Å². The molecule has 0 saturated carbocycles. The van der Waals surface area contributed by atoms with Crippen molar-refractivity contribution in [1.29, 1.82) is 0 Å². The van der Waals surface area contributed by atoms with E-state index in [9.17, 15) is 4.79 Å². The van der Waals surface area contributed by atoms with Crippen LogP contribution in [0.2, 0.25) is 0 Å². The van der Waals surface area contributed by atoms with E-state index >= 15 is 0 Å². The number of esters is 1. The Balaban J connectivity index is 2.01. The van der Waals surface area contributed by atoms with Gasteiger partial charge in [-0.1, -0.05) is 0 Å². The summed E-state index contributed by atoms with van der Waals surface area (Å²) in [5.41, 5.74) is 1.45. The first-order valence-electron chi connectivity index (χ1n) is 7.89. The number of carbonyl (C=O) groups is 1. The molecule has 2 rings (SSSR count). The Bertz CT molecular complexity index is 520. The Kier molecular flexibility index (Phi) is 5.77. The third-order valence-corrected chi connectivity index (χ3v) is 4.39. The van der Waals surface area contributed by atoms with Gasteiger partial charge in [-0.05, 0) is 76.5 Å². The Hall–Kier alpha value is -1.62. The molecule has 0 bridgehead atoms. The lowest BCUT2D eigenvalue weighted by Gasteiger charge is -2.40. The molecule has 1 aromatic rings. The minimum Gasteiger partial charge on any atom is -0.462 e. The molecular formula is C17H24N2O2S. The molecule has 1 aliphatic heterocycles. The number of hydrogen-bond acceptors (Lipinski definition) is 3.